The second-order valence-electron chi connectivity index (χ2n) is 6.05. The van der Waals surface area contributed by atoms with E-state index in [0.717, 1.165) is 36.6 Å². The van der Waals surface area contributed by atoms with Crippen molar-refractivity contribution in [2.24, 2.45) is 0 Å². The van der Waals surface area contributed by atoms with E-state index in [1.54, 1.807) is 24.3 Å². The van der Waals surface area contributed by atoms with Crippen molar-refractivity contribution in [3.63, 3.8) is 0 Å². The summed E-state index contributed by atoms with van der Waals surface area (Å²) >= 11 is 11.7. The van der Waals surface area contributed by atoms with Gasteiger partial charge >= 0.3 is 0 Å². The average Bonchev–Trinajstić information content (AvgIpc) is 2.63. The van der Waals surface area contributed by atoms with Crippen molar-refractivity contribution in [3.05, 3.63) is 58.6 Å². The van der Waals surface area contributed by atoms with Crippen LogP contribution in [0, 0.1) is 0 Å². The molecule has 1 saturated heterocycles. The summed E-state index contributed by atoms with van der Waals surface area (Å²) in [5, 5.41) is 4.87. The fraction of sp³-hybridized carbons (Fsp3) is 0.316. The van der Waals surface area contributed by atoms with Gasteiger partial charge in [0.25, 0.3) is 5.91 Å². The lowest BCUT2D eigenvalue weighted by Crippen LogP contribution is -2.44. The molecule has 2 aromatic rings. The number of nitrogens with zero attached hydrogens (tertiary/aromatic N) is 1. The van der Waals surface area contributed by atoms with Gasteiger partial charge in [-0.05, 0) is 61.4 Å². The van der Waals surface area contributed by atoms with Gasteiger partial charge in [0.2, 0.25) is 0 Å². The predicted octanol–water partition coefficient (Wildman–Crippen LogP) is 4.48. The standard InChI is InChI=1S/C19H20Cl2N2O2/c20-14-1-5-16(6-2-14)22-17-9-11-23(12-10-17)19(24)13-25-18-7-3-15(21)4-8-18/h1-8,17,22H,9-13H2. The van der Waals surface area contributed by atoms with Crippen LogP contribution in [0.4, 0.5) is 5.69 Å². The maximum Gasteiger partial charge on any atom is 0.260 e. The van der Waals surface area contributed by atoms with Crippen LogP contribution in [0.3, 0.4) is 0 Å². The lowest BCUT2D eigenvalue weighted by atomic mass is 10.0. The van der Waals surface area contributed by atoms with Gasteiger partial charge in [0.1, 0.15) is 5.75 Å². The first kappa shape index (κ1) is 17.9. The Labute approximate surface area is 157 Å². The molecule has 1 fully saturated rings. The van der Waals surface area contributed by atoms with Crippen LogP contribution in [0.15, 0.2) is 48.5 Å². The zero-order valence-corrected chi connectivity index (χ0v) is 15.3. The van der Waals surface area contributed by atoms with Gasteiger partial charge in [-0.2, -0.15) is 0 Å². The largest absolute Gasteiger partial charge is 0.484 e. The van der Waals surface area contributed by atoms with Crippen LogP contribution >= 0.6 is 23.2 Å². The molecular weight excluding hydrogens is 359 g/mol. The molecule has 0 atom stereocenters. The minimum atomic E-state index is 0.0138. The molecule has 1 N–H and O–H groups in total. The van der Waals surface area contributed by atoms with Crippen molar-refractivity contribution in [1.82, 2.24) is 4.90 Å². The van der Waals surface area contributed by atoms with Gasteiger partial charge in [-0.3, -0.25) is 4.79 Å². The monoisotopic (exact) mass is 378 g/mol. The van der Waals surface area contributed by atoms with E-state index in [-0.39, 0.29) is 12.5 Å². The maximum atomic E-state index is 12.3. The average molecular weight is 379 g/mol. The van der Waals surface area contributed by atoms with Gasteiger partial charge in [-0.15, -0.1) is 0 Å². The Kier molecular flexibility index (Phi) is 6.05. The third-order valence-corrected chi connectivity index (χ3v) is 4.74. The summed E-state index contributed by atoms with van der Waals surface area (Å²) in [6.45, 7) is 1.51. The van der Waals surface area contributed by atoms with Crippen molar-refractivity contribution >= 4 is 34.8 Å². The molecule has 0 aromatic heterocycles. The molecule has 0 aliphatic carbocycles. The Bertz CT molecular complexity index is 696. The summed E-state index contributed by atoms with van der Waals surface area (Å²) in [4.78, 5) is 14.1. The second kappa shape index (κ2) is 8.45. The van der Waals surface area contributed by atoms with E-state index in [0.29, 0.717) is 16.8 Å². The summed E-state index contributed by atoms with van der Waals surface area (Å²) in [5.41, 5.74) is 1.06. The van der Waals surface area contributed by atoms with E-state index < -0.39 is 0 Å². The van der Waals surface area contributed by atoms with Gasteiger partial charge in [-0.25, -0.2) is 0 Å². The molecule has 2 aromatic carbocycles. The molecule has 0 spiro atoms. The fourth-order valence-corrected chi connectivity index (χ4v) is 3.07. The summed E-state index contributed by atoms with van der Waals surface area (Å²) in [7, 11) is 0. The number of carbonyl (C=O) groups is 1. The second-order valence-corrected chi connectivity index (χ2v) is 6.92. The molecule has 4 nitrogen and oxygen atoms in total. The van der Waals surface area contributed by atoms with E-state index in [1.807, 2.05) is 29.2 Å². The van der Waals surface area contributed by atoms with Gasteiger partial charge in [0.15, 0.2) is 6.61 Å². The first-order valence-electron chi connectivity index (χ1n) is 8.28. The van der Waals surface area contributed by atoms with Crippen LogP contribution in [0.25, 0.3) is 0 Å². The first-order chi connectivity index (χ1) is 12.1. The molecule has 1 amide bonds. The van der Waals surface area contributed by atoms with Gasteiger partial charge in [0.05, 0.1) is 0 Å². The number of piperidine rings is 1. The first-order valence-corrected chi connectivity index (χ1v) is 9.04. The highest BCUT2D eigenvalue weighted by Gasteiger charge is 2.22. The molecule has 25 heavy (non-hydrogen) atoms. The highest BCUT2D eigenvalue weighted by molar-refractivity contribution is 6.30. The van der Waals surface area contributed by atoms with Crippen LogP contribution < -0.4 is 10.1 Å². The Morgan fingerprint density at radius 2 is 1.56 bits per heavy atom. The normalized spacial score (nSPS) is 15.0. The van der Waals surface area contributed by atoms with E-state index in [4.69, 9.17) is 27.9 Å². The highest BCUT2D eigenvalue weighted by atomic mass is 35.5. The molecule has 132 valence electrons. The number of anilines is 1. The highest BCUT2D eigenvalue weighted by Crippen LogP contribution is 2.19. The molecule has 6 heteroatoms. The smallest absolute Gasteiger partial charge is 0.260 e. The lowest BCUT2D eigenvalue weighted by molar-refractivity contribution is -0.134. The van der Waals surface area contributed by atoms with Gasteiger partial charge in [-0.1, -0.05) is 23.2 Å². The van der Waals surface area contributed by atoms with E-state index in [1.165, 1.54) is 0 Å². The zero-order valence-electron chi connectivity index (χ0n) is 13.8. The number of carbonyl (C=O) groups excluding carboxylic acids is 1. The van der Waals surface area contributed by atoms with E-state index in [2.05, 4.69) is 5.32 Å². The van der Waals surface area contributed by atoms with Crippen LogP contribution in [-0.4, -0.2) is 36.5 Å². The molecule has 1 aliphatic heterocycles. The molecule has 0 radical (unpaired) electrons. The molecule has 1 aliphatic rings. The number of halogens is 2. The topological polar surface area (TPSA) is 41.6 Å². The number of amides is 1. The van der Waals surface area contributed by atoms with Crippen LogP contribution in [0.2, 0.25) is 10.0 Å². The summed E-state index contributed by atoms with van der Waals surface area (Å²) in [6.07, 6.45) is 1.82. The number of nitrogens with one attached hydrogen (secondary N) is 1. The van der Waals surface area contributed by atoms with Gasteiger partial charge < -0.3 is 15.0 Å². The Morgan fingerprint density at radius 3 is 2.16 bits per heavy atom. The van der Waals surface area contributed by atoms with Crippen LogP contribution in [0.5, 0.6) is 5.75 Å². The minimum Gasteiger partial charge on any atom is -0.484 e. The SMILES string of the molecule is O=C(COc1ccc(Cl)cc1)N1CCC(Nc2ccc(Cl)cc2)CC1. The quantitative estimate of drug-likeness (QED) is 0.833. The van der Waals surface area contributed by atoms with E-state index >= 15 is 0 Å². The molecule has 0 saturated carbocycles. The molecule has 0 unspecified atom stereocenters. The Hall–Kier alpha value is -1.91. The third kappa shape index (κ3) is 5.28. The van der Waals surface area contributed by atoms with Crippen molar-refractivity contribution in [1.29, 1.82) is 0 Å². The van der Waals surface area contributed by atoms with Gasteiger partial charge in [0, 0.05) is 34.9 Å². The van der Waals surface area contributed by atoms with Crippen molar-refractivity contribution < 1.29 is 9.53 Å². The van der Waals surface area contributed by atoms with Crippen LogP contribution in [0.1, 0.15) is 12.8 Å². The minimum absolute atomic E-state index is 0.0138. The lowest BCUT2D eigenvalue weighted by Gasteiger charge is -2.32. The van der Waals surface area contributed by atoms with Crippen molar-refractivity contribution in [2.45, 2.75) is 18.9 Å². The van der Waals surface area contributed by atoms with E-state index in [9.17, 15) is 4.79 Å². The number of hydrogen-bond acceptors (Lipinski definition) is 3. The number of ether oxygens (including phenoxy) is 1. The summed E-state index contributed by atoms with van der Waals surface area (Å²) < 4.78 is 5.53. The molecule has 3 rings (SSSR count). The van der Waals surface area contributed by atoms with Crippen molar-refractivity contribution in [2.75, 3.05) is 25.0 Å². The zero-order chi connectivity index (χ0) is 17.6. The number of likely N-dealkylation sites (tertiary alicyclic amines) is 1. The number of benzene rings is 2. The summed E-state index contributed by atoms with van der Waals surface area (Å²) in [5.74, 6) is 0.664. The molecule has 1 heterocycles. The maximum absolute atomic E-state index is 12.3. The number of rotatable bonds is 5. The van der Waals surface area contributed by atoms with Crippen LogP contribution in [-0.2, 0) is 4.79 Å². The Morgan fingerprint density at radius 1 is 1.00 bits per heavy atom. The molecular formula is C19H20Cl2N2O2. The fourth-order valence-electron chi connectivity index (χ4n) is 2.82. The third-order valence-electron chi connectivity index (χ3n) is 4.24. The number of hydrogen-bond donors (Lipinski definition) is 1. The predicted molar refractivity (Wildman–Crippen MR) is 102 cm³/mol. The molecule has 0 bridgehead atoms. The summed E-state index contributed by atoms with van der Waals surface area (Å²) in [6, 6.07) is 15.1. The Balaban J connectivity index is 1.42. The van der Waals surface area contributed by atoms with Crippen molar-refractivity contribution in [3.8, 4) is 5.75 Å².